The molecule has 5 rings (SSSR count). The average Bonchev–Trinajstić information content (AvgIpc) is 3.27. The second-order valence-electron chi connectivity index (χ2n) is 9.26. The van der Waals surface area contributed by atoms with E-state index in [1.54, 1.807) is 6.20 Å². The standard InChI is InChI=1S/C24H32N6O3/c1-16-13-21-19(14-18(16)23(31)25-5-6-29-9-7-28(2)8-10-29)22-20(24(32)27-21)15-26-30(22)17-3-11-33-12-4-17/h13-15,17H,3-12H2,1-2H3,(H,25,31)(H,27,32). The summed E-state index contributed by atoms with van der Waals surface area (Å²) in [6.45, 7) is 8.93. The third-order valence-corrected chi connectivity index (χ3v) is 7.00. The third kappa shape index (κ3) is 4.40. The molecule has 2 saturated heterocycles. The lowest BCUT2D eigenvalue weighted by atomic mass is 10.0. The molecule has 4 heterocycles. The van der Waals surface area contributed by atoms with Crippen LogP contribution in [0.15, 0.2) is 23.1 Å². The van der Waals surface area contributed by atoms with Gasteiger partial charge in [-0.05, 0) is 44.5 Å². The number of aryl methyl sites for hydroxylation is 1. The largest absolute Gasteiger partial charge is 0.381 e. The number of fused-ring (bicyclic) bond motifs is 3. The van der Waals surface area contributed by atoms with Crippen molar-refractivity contribution in [2.45, 2.75) is 25.8 Å². The first-order valence-corrected chi connectivity index (χ1v) is 11.8. The van der Waals surface area contributed by atoms with Crippen LogP contribution in [-0.2, 0) is 4.74 Å². The topological polar surface area (TPSA) is 95.5 Å². The fraction of sp³-hybridized carbons (Fsp3) is 0.542. The molecule has 2 aliphatic rings. The lowest BCUT2D eigenvalue weighted by Gasteiger charge is -2.32. The van der Waals surface area contributed by atoms with Crippen molar-refractivity contribution in [3.63, 3.8) is 0 Å². The van der Waals surface area contributed by atoms with Gasteiger partial charge in [-0.1, -0.05) is 0 Å². The third-order valence-electron chi connectivity index (χ3n) is 7.00. The number of amides is 1. The van der Waals surface area contributed by atoms with Gasteiger partial charge in [-0.15, -0.1) is 0 Å². The summed E-state index contributed by atoms with van der Waals surface area (Å²) in [5, 5.41) is 9.06. The summed E-state index contributed by atoms with van der Waals surface area (Å²) in [6, 6.07) is 3.99. The fourth-order valence-electron chi connectivity index (χ4n) is 4.94. The summed E-state index contributed by atoms with van der Waals surface area (Å²) in [5.41, 5.74) is 2.85. The number of aromatic amines is 1. The van der Waals surface area contributed by atoms with Gasteiger partial charge in [0.2, 0.25) is 0 Å². The first-order valence-electron chi connectivity index (χ1n) is 11.8. The molecule has 1 amide bonds. The van der Waals surface area contributed by atoms with E-state index >= 15 is 0 Å². The van der Waals surface area contributed by atoms with Crippen molar-refractivity contribution in [1.82, 2.24) is 29.9 Å². The van der Waals surface area contributed by atoms with Crippen LogP contribution in [0.2, 0.25) is 0 Å². The Morgan fingerprint density at radius 2 is 1.94 bits per heavy atom. The quantitative estimate of drug-likeness (QED) is 0.610. The first kappa shape index (κ1) is 22.1. The highest BCUT2D eigenvalue weighted by Crippen LogP contribution is 2.29. The number of ether oxygens (including phenoxy) is 1. The van der Waals surface area contributed by atoms with Crippen molar-refractivity contribution in [2.24, 2.45) is 0 Å². The van der Waals surface area contributed by atoms with Crippen LogP contribution in [0.5, 0.6) is 0 Å². The Morgan fingerprint density at radius 3 is 2.70 bits per heavy atom. The molecule has 3 aromatic rings. The number of likely N-dealkylation sites (N-methyl/N-ethyl adjacent to an activating group) is 1. The second-order valence-corrected chi connectivity index (χ2v) is 9.26. The average molecular weight is 453 g/mol. The Labute approximate surface area is 192 Å². The number of carbonyl (C=O) groups is 1. The minimum atomic E-state index is -0.153. The minimum absolute atomic E-state index is 0.0833. The molecule has 33 heavy (non-hydrogen) atoms. The zero-order chi connectivity index (χ0) is 22.9. The number of carbonyl (C=O) groups excluding carboxylic acids is 1. The predicted octanol–water partition coefficient (Wildman–Crippen LogP) is 1.51. The van der Waals surface area contributed by atoms with Crippen molar-refractivity contribution < 1.29 is 9.53 Å². The maximum Gasteiger partial charge on any atom is 0.259 e. The van der Waals surface area contributed by atoms with Gasteiger partial charge in [0.05, 0.1) is 28.7 Å². The maximum absolute atomic E-state index is 13.1. The molecule has 0 radical (unpaired) electrons. The van der Waals surface area contributed by atoms with E-state index in [9.17, 15) is 9.59 Å². The van der Waals surface area contributed by atoms with Gasteiger partial charge in [-0.25, -0.2) is 0 Å². The minimum Gasteiger partial charge on any atom is -0.381 e. The number of pyridine rings is 1. The SMILES string of the molecule is Cc1cc2[nH]c(=O)c3cnn(C4CCOCC4)c3c2cc1C(=O)NCCN1CCN(C)CC1. The molecule has 0 aliphatic carbocycles. The molecule has 176 valence electrons. The zero-order valence-corrected chi connectivity index (χ0v) is 19.4. The number of hydrogen-bond donors (Lipinski definition) is 2. The van der Waals surface area contributed by atoms with E-state index in [-0.39, 0.29) is 17.5 Å². The molecule has 2 aliphatic heterocycles. The van der Waals surface area contributed by atoms with Crippen molar-refractivity contribution >= 4 is 27.7 Å². The molecule has 2 fully saturated rings. The Morgan fingerprint density at radius 1 is 1.18 bits per heavy atom. The molecule has 9 heteroatoms. The molecule has 0 atom stereocenters. The molecule has 0 unspecified atom stereocenters. The van der Waals surface area contributed by atoms with E-state index in [2.05, 4.69) is 32.2 Å². The Hall–Kier alpha value is -2.75. The lowest BCUT2D eigenvalue weighted by molar-refractivity contribution is 0.0675. The second kappa shape index (κ2) is 9.24. The summed E-state index contributed by atoms with van der Waals surface area (Å²) in [7, 11) is 2.14. The van der Waals surface area contributed by atoms with Crippen LogP contribution >= 0.6 is 0 Å². The molecular formula is C24H32N6O3. The van der Waals surface area contributed by atoms with Crippen LogP contribution in [0.25, 0.3) is 21.8 Å². The van der Waals surface area contributed by atoms with Gasteiger partial charge in [0.1, 0.15) is 0 Å². The molecule has 2 aromatic heterocycles. The summed E-state index contributed by atoms with van der Waals surface area (Å²) in [5.74, 6) is -0.0833. The zero-order valence-electron chi connectivity index (χ0n) is 19.4. The van der Waals surface area contributed by atoms with Crippen molar-refractivity contribution in [2.75, 3.05) is 59.5 Å². The highest BCUT2D eigenvalue weighted by Gasteiger charge is 2.22. The van der Waals surface area contributed by atoms with E-state index in [1.807, 2.05) is 23.7 Å². The van der Waals surface area contributed by atoms with Gasteiger partial charge in [-0.3, -0.25) is 19.2 Å². The van der Waals surface area contributed by atoms with E-state index < -0.39 is 0 Å². The van der Waals surface area contributed by atoms with E-state index in [1.165, 1.54) is 0 Å². The number of nitrogens with one attached hydrogen (secondary N) is 2. The highest BCUT2D eigenvalue weighted by molar-refractivity contribution is 6.07. The smallest absolute Gasteiger partial charge is 0.259 e. The molecule has 0 bridgehead atoms. The van der Waals surface area contributed by atoms with Crippen LogP contribution in [0.4, 0.5) is 0 Å². The van der Waals surface area contributed by atoms with Gasteiger partial charge in [-0.2, -0.15) is 5.10 Å². The maximum atomic E-state index is 13.1. The number of hydrogen-bond acceptors (Lipinski definition) is 6. The molecule has 1 aromatic carbocycles. The Balaban J connectivity index is 1.43. The molecule has 2 N–H and O–H groups in total. The molecular weight excluding hydrogens is 420 g/mol. The molecule has 0 spiro atoms. The number of aromatic nitrogens is 3. The number of rotatable bonds is 5. The van der Waals surface area contributed by atoms with Gasteiger partial charge in [0.15, 0.2) is 0 Å². The number of nitrogens with zero attached hydrogens (tertiary/aromatic N) is 4. The van der Waals surface area contributed by atoms with Crippen molar-refractivity contribution in [3.05, 3.63) is 39.8 Å². The van der Waals surface area contributed by atoms with Gasteiger partial charge >= 0.3 is 0 Å². The number of H-pyrrole nitrogens is 1. The van der Waals surface area contributed by atoms with Crippen LogP contribution in [-0.4, -0.2) is 90.0 Å². The summed E-state index contributed by atoms with van der Waals surface area (Å²) in [6.07, 6.45) is 3.35. The monoisotopic (exact) mass is 452 g/mol. The highest BCUT2D eigenvalue weighted by atomic mass is 16.5. The molecule has 0 saturated carbocycles. The lowest BCUT2D eigenvalue weighted by Crippen LogP contribution is -2.46. The predicted molar refractivity (Wildman–Crippen MR) is 128 cm³/mol. The van der Waals surface area contributed by atoms with Crippen LogP contribution in [0, 0.1) is 6.92 Å². The van der Waals surface area contributed by atoms with Crippen LogP contribution in [0.1, 0.15) is 34.8 Å². The summed E-state index contributed by atoms with van der Waals surface area (Å²) < 4.78 is 7.46. The Bertz CT molecular complexity index is 1220. The van der Waals surface area contributed by atoms with E-state index in [4.69, 9.17) is 4.74 Å². The first-order chi connectivity index (χ1) is 16.0. The van der Waals surface area contributed by atoms with Crippen molar-refractivity contribution in [1.29, 1.82) is 0 Å². The van der Waals surface area contributed by atoms with E-state index in [0.717, 1.165) is 67.5 Å². The Kier molecular flexibility index (Phi) is 6.18. The van der Waals surface area contributed by atoms with Gasteiger partial charge in [0.25, 0.3) is 11.5 Å². The van der Waals surface area contributed by atoms with Crippen LogP contribution < -0.4 is 10.9 Å². The fourth-order valence-corrected chi connectivity index (χ4v) is 4.94. The van der Waals surface area contributed by atoms with Gasteiger partial charge < -0.3 is 19.9 Å². The number of benzene rings is 1. The summed E-state index contributed by atoms with van der Waals surface area (Å²) >= 11 is 0. The van der Waals surface area contributed by atoms with Gasteiger partial charge in [0, 0.05) is 63.4 Å². The molecule has 9 nitrogen and oxygen atoms in total. The van der Waals surface area contributed by atoms with Crippen LogP contribution in [0.3, 0.4) is 0 Å². The normalized spacial score (nSPS) is 18.8. The number of piperazine rings is 1. The summed E-state index contributed by atoms with van der Waals surface area (Å²) in [4.78, 5) is 33.5. The van der Waals surface area contributed by atoms with E-state index in [0.29, 0.717) is 30.7 Å². The van der Waals surface area contributed by atoms with Crippen molar-refractivity contribution in [3.8, 4) is 0 Å².